The van der Waals surface area contributed by atoms with E-state index in [4.69, 9.17) is 4.74 Å². The molecule has 2 rings (SSSR count). The number of halogens is 1. The van der Waals surface area contributed by atoms with Gasteiger partial charge in [0.1, 0.15) is 0 Å². The number of amides is 1. The molecule has 5 heteroatoms. The molecule has 1 unspecified atom stereocenters. The Labute approximate surface area is 125 Å². The van der Waals surface area contributed by atoms with Crippen molar-refractivity contribution < 1.29 is 13.9 Å². The molecule has 0 saturated carbocycles. The molecule has 4 nitrogen and oxygen atoms in total. The van der Waals surface area contributed by atoms with E-state index in [0.29, 0.717) is 18.8 Å². The second kappa shape index (κ2) is 6.43. The molecule has 116 valence electrons. The number of carbonyl (C=O) groups excluding carboxylic acids is 1. The third kappa shape index (κ3) is 3.18. The molecule has 1 atom stereocenters. The van der Waals surface area contributed by atoms with Crippen LogP contribution in [0.4, 0.5) is 10.1 Å². The molecule has 2 N–H and O–H groups in total. The maximum atomic E-state index is 13.8. The van der Waals surface area contributed by atoms with Crippen LogP contribution in [0.5, 0.6) is 5.75 Å². The normalized spacial score (nSPS) is 21.6. The van der Waals surface area contributed by atoms with Crippen molar-refractivity contribution in [3.63, 3.8) is 0 Å². The van der Waals surface area contributed by atoms with Crippen LogP contribution in [0.1, 0.15) is 27.2 Å². The highest BCUT2D eigenvalue weighted by Crippen LogP contribution is 2.35. The van der Waals surface area contributed by atoms with Crippen LogP contribution in [0, 0.1) is 17.2 Å². The maximum absolute atomic E-state index is 13.8. The van der Waals surface area contributed by atoms with Crippen molar-refractivity contribution in [2.45, 2.75) is 27.2 Å². The Hall–Kier alpha value is -1.62. The molecule has 21 heavy (non-hydrogen) atoms. The third-order valence-electron chi connectivity index (χ3n) is 4.24. The smallest absolute Gasteiger partial charge is 0.232 e. The molecule has 1 aliphatic heterocycles. The summed E-state index contributed by atoms with van der Waals surface area (Å²) >= 11 is 0. The summed E-state index contributed by atoms with van der Waals surface area (Å²) in [4.78, 5) is 12.6. The average Bonchev–Trinajstić information content (AvgIpc) is 2.93. The van der Waals surface area contributed by atoms with Crippen molar-refractivity contribution >= 4 is 11.6 Å². The van der Waals surface area contributed by atoms with Gasteiger partial charge in [0.05, 0.1) is 12.0 Å². The lowest BCUT2D eigenvalue weighted by Crippen LogP contribution is -2.42. The van der Waals surface area contributed by atoms with E-state index in [9.17, 15) is 9.18 Å². The zero-order valence-electron chi connectivity index (χ0n) is 12.8. The van der Waals surface area contributed by atoms with Crippen LogP contribution < -0.4 is 15.4 Å². The van der Waals surface area contributed by atoms with Crippen molar-refractivity contribution in [1.82, 2.24) is 5.32 Å². The molecule has 1 aliphatic rings. The van der Waals surface area contributed by atoms with E-state index in [1.54, 1.807) is 19.1 Å². The molecule has 0 bridgehead atoms. The van der Waals surface area contributed by atoms with Crippen molar-refractivity contribution in [3.8, 4) is 5.75 Å². The predicted octanol–water partition coefficient (Wildman–Crippen LogP) is 2.80. The summed E-state index contributed by atoms with van der Waals surface area (Å²) in [6.45, 7) is 7.80. The highest BCUT2D eigenvalue weighted by Gasteiger charge is 2.43. The average molecular weight is 294 g/mol. The molecule has 1 aromatic rings. The summed E-state index contributed by atoms with van der Waals surface area (Å²) < 4.78 is 19.0. The predicted molar refractivity (Wildman–Crippen MR) is 81.0 cm³/mol. The summed E-state index contributed by atoms with van der Waals surface area (Å²) in [5.74, 6) is -0.0829. The molecule has 0 radical (unpaired) electrons. The number of hydrogen-bond donors (Lipinski definition) is 2. The zero-order valence-corrected chi connectivity index (χ0v) is 12.8. The van der Waals surface area contributed by atoms with Crippen LogP contribution in [-0.2, 0) is 4.79 Å². The van der Waals surface area contributed by atoms with Gasteiger partial charge in [-0.25, -0.2) is 4.39 Å². The van der Waals surface area contributed by atoms with Crippen LogP contribution in [0.25, 0.3) is 0 Å². The van der Waals surface area contributed by atoms with Gasteiger partial charge in [0.15, 0.2) is 11.6 Å². The Kier molecular flexibility index (Phi) is 4.83. The topological polar surface area (TPSA) is 50.4 Å². The molecule has 1 amide bonds. The highest BCUT2D eigenvalue weighted by atomic mass is 19.1. The van der Waals surface area contributed by atoms with Gasteiger partial charge < -0.3 is 15.4 Å². The minimum Gasteiger partial charge on any atom is -0.491 e. The summed E-state index contributed by atoms with van der Waals surface area (Å²) in [5, 5.41) is 6.09. The van der Waals surface area contributed by atoms with Gasteiger partial charge >= 0.3 is 0 Å². The van der Waals surface area contributed by atoms with E-state index in [0.717, 1.165) is 13.0 Å². The number of ether oxygens (including phenoxy) is 1. The Morgan fingerprint density at radius 2 is 2.29 bits per heavy atom. The molecular weight excluding hydrogens is 271 g/mol. The van der Waals surface area contributed by atoms with E-state index in [2.05, 4.69) is 10.6 Å². The first kappa shape index (κ1) is 15.8. The highest BCUT2D eigenvalue weighted by molar-refractivity contribution is 5.96. The molecule has 1 aromatic carbocycles. The van der Waals surface area contributed by atoms with Gasteiger partial charge in [0.25, 0.3) is 0 Å². The standard InChI is InChI=1S/C16H23FN2O2/c1-4-21-14-6-5-12(9-13(14)17)19-15(20)16(11(2)3)7-8-18-10-16/h5-6,9,11,18H,4,7-8,10H2,1-3H3,(H,19,20). The molecule has 1 heterocycles. The first-order valence-electron chi connectivity index (χ1n) is 7.44. The lowest BCUT2D eigenvalue weighted by molar-refractivity contribution is -0.126. The van der Waals surface area contributed by atoms with Gasteiger partial charge in [-0.05, 0) is 37.9 Å². The van der Waals surface area contributed by atoms with Crippen LogP contribution in [-0.4, -0.2) is 25.6 Å². The van der Waals surface area contributed by atoms with Crippen molar-refractivity contribution in [1.29, 1.82) is 0 Å². The number of hydrogen-bond acceptors (Lipinski definition) is 3. The first-order chi connectivity index (χ1) is 9.99. The van der Waals surface area contributed by atoms with Gasteiger partial charge in [0, 0.05) is 18.3 Å². The minimum absolute atomic E-state index is 0.0499. The van der Waals surface area contributed by atoms with Crippen molar-refractivity contribution in [2.75, 3.05) is 25.0 Å². The van der Waals surface area contributed by atoms with E-state index in [1.807, 2.05) is 13.8 Å². The van der Waals surface area contributed by atoms with Gasteiger partial charge in [-0.3, -0.25) is 4.79 Å². The summed E-state index contributed by atoms with van der Waals surface area (Å²) in [7, 11) is 0. The van der Waals surface area contributed by atoms with Crippen LogP contribution >= 0.6 is 0 Å². The van der Waals surface area contributed by atoms with Crippen molar-refractivity contribution in [3.05, 3.63) is 24.0 Å². The second-order valence-electron chi connectivity index (χ2n) is 5.77. The second-order valence-corrected chi connectivity index (χ2v) is 5.77. The van der Waals surface area contributed by atoms with Gasteiger partial charge in [-0.1, -0.05) is 13.8 Å². The van der Waals surface area contributed by atoms with Crippen LogP contribution in [0.3, 0.4) is 0 Å². The Morgan fingerprint density at radius 3 is 2.81 bits per heavy atom. The summed E-state index contributed by atoms with van der Waals surface area (Å²) in [6.07, 6.45) is 0.802. The Morgan fingerprint density at radius 1 is 1.52 bits per heavy atom. The van der Waals surface area contributed by atoms with Gasteiger partial charge in [-0.2, -0.15) is 0 Å². The SMILES string of the molecule is CCOc1ccc(NC(=O)C2(C(C)C)CCNC2)cc1F. The van der Waals surface area contributed by atoms with Crippen molar-refractivity contribution in [2.24, 2.45) is 11.3 Å². The summed E-state index contributed by atoms with van der Waals surface area (Å²) in [5.41, 5.74) is 0.0441. The fourth-order valence-corrected chi connectivity index (χ4v) is 2.77. The number of benzene rings is 1. The molecule has 0 spiro atoms. The largest absolute Gasteiger partial charge is 0.491 e. The summed E-state index contributed by atoms with van der Waals surface area (Å²) in [6, 6.07) is 4.52. The zero-order chi connectivity index (χ0) is 15.5. The Bertz CT molecular complexity index is 511. The number of carbonyl (C=O) groups is 1. The molecule has 1 saturated heterocycles. The van der Waals surface area contributed by atoms with E-state index >= 15 is 0 Å². The fraction of sp³-hybridized carbons (Fsp3) is 0.562. The van der Waals surface area contributed by atoms with E-state index in [-0.39, 0.29) is 17.6 Å². The van der Waals surface area contributed by atoms with Gasteiger partial charge in [0.2, 0.25) is 5.91 Å². The maximum Gasteiger partial charge on any atom is 0.232 e. The molecular formula is C16H23FN2O2. The Balaban J connectivity index is 2.14. The third-order valence-corrected chi connectivity index (χ3v) is 4.24. The fourth-order valence-electron chi connectivity index (χ4n) is 2.77. The molecule has 1 fully saturated rings. The monoisotopic (exact) mass is 294 g/mol. The number of nitrogens with one attached hydrogen (secondary N) is 2. The number of anilines is 1. The number of rotatable bonds is 5. The van der Waals surface area contributed by atoms with Crippen LogP contribution in [0.15, 0.2) is 18.2 Å². The van der Waals surface area contributed by atoms with Gasteiger partial charge in [-0.15, -0.1) is 0 Å². The van der Waals surface area contributed by atoms with E-state index in [1.165, 1.54) is 6.07 Å². The lowest BCUT2D eigenvalue weighted by Gasteiger charge is -2.31. The first-order valence-corrected chi connectivity index (χ1v) is 7.44. The van der Waals surface area contributed by atoms with E-state index < -0.39 is 11.2 Å². The minimum atomic E-state index is -0.460. The molecule has 0 aliphatic carbocycles. The molecule has 0 aromatic heterocycles. The quantitative estimate of drug-likeness (QED) is 0.878. The van der Waals surface area contributed by atoms with Crippen LogP contribution in [0.2, 0.25) is 0 Å². The lowest BCUT2D eigenvalue weighted by atomic mass is 9.75.